The van der Waals surface area contributed by atoms with Crippen molar-refractivity contribution in [3.63, 3.8) is 0 Å². The second-order valence-electron chi connectivity index (χ2n) is 33.2. The van der Waals surface area contributed by atoms with E-state index < -0.39 is 97.5 Å². The van der Waals surface area contributed by atoms with Crippen molar-refractivity contribution in [2.75, 3.05) is 39.6 Å². The fourth-order valence-corrected chi connectivity index (χ4v) is 15.4. The number of hydrogen-bond acceptors (Lipinski definition) is 15. The van der Waals surface area contributed by atoms with Crippen molar-refractivity contribution in [2.45, 2.75) is 491 Å². The molecule has 3 N–H and O–H groups in total. The third-order valence-electron chi connectivity index (χ3n) is 21.2. The van der Waals surface area contributed by atoms with Gasteiger partial charge in [-0.3, -0.25) is 37.3 Å². The zero-order chi connectivity index (χ0) is 79.3. The minimum atomic E-state index is -4.97. The first-order valence-electron chi connectivity index (χ1n) is 45.9. The van der Waals surface area contributed by atoms with Crippen LogP contribution in [0.5, 0.6) is 0 Å². The fourth-order valence-electron chi connectivity index (χ4n) is 13.9. The summed E-state index contributed by atoms with van der Waals surface area (Å²) in [5.41, 5.74) is 0. The third kappa shape index (κ3) is 80.7. The molecule has 0 aliphatic heterocycles. The number of rotatable bonds is 87. The summed E-state index contributed by atoms with van der Waals surface area (Å²) < 4.78 is 69.0. The van der Waals surface area contributed by atoms with Gasteiger partial charge in [0, 0.05) is 25.7 Å². The van der Waals surface area contributed by atoms with Crippen molar-refractivity contribution in [3.05, 3.63) is 0 Å². The van der Waals surface area contributed by atoms with Gasteiger partial charge < -0.3 is 33.8 Å². The molecule has 0 rings (SSSR count). The molecule has 0 amide bonds. The van der Waals surface area contributed by atoms with Crippen LogP contribution in [0.4, 0.5) is 0 Å². The highest BCUT2D eigenvalue weighted by molar-refractivity contribution is 7.47. The van der Waals surface area contributed by atoms with Gasteiger partial charge in [-0.2, -0.15) is 0 Å². The molecule has 0 aromatic carbocycles. The monoisotopic (exact) mass is 1580 g/mol. The Labute approximate surface area is 664 Å². The minimum absolute atomic E-state index is 0.106. The van der Waals surface area contributed by atoms with Gasteiger partial charge in [0.15, 0.2) is 12.2 Å². The zero-order valence-corrected chi connectivity index (χ0v) is 73.1. The lowest BCUT2D eigenvalue weighted by molar-refractivity contribution is -0.161. The normalized spacial score (nSPS) is 14.1. The van der Waals surface area contributed by atoms with E-state index in [0.717, 1.165) is 108 Å². The Morgan fingerprint density at radius 2 is 0.472 bits per heavy atom. The number of phosphoric acid groups is 2. The Balaban J connectivity index is 5.24. The topological polar surface area (TPSA) is 237 Å². The summed E-state index contributed by atoms with van der Waals surface area (Å²) in [6.45, 7) is 12.0. The smallest absolute Gasteiger partial charge is 0.462 e. The van der Waals surface area contributed by atoms with Crippen molar-refractivity contribution in [3.8, 4) is 0 Å². The van der Waals surface area contributed by atoms with Gasteiger partial charge in [0.2, 0.25) is 0 Å². The first kappa shape index (κ1) is 106. The predicted octanol–water partition coefficient (Wildman–Crippen LogP) is 27.3. The van der Waals surface area contributed by atoms with E-state index in [1.165, 1.54) is 283 Å². The summed E-state index contributed by atoms with van der Waals surface area (Å²) in [6.07, 6.45) is 70.9. The molecule has 0 radical (unpaired) electrons. The lowest BCUT2D eigenvalue weighted by Gasteiger charge is -2.21. The van der Waals surface area contributed by atoms with Crippen LogP contribution in [-0.2, 0) is 65.4 Å². The standard InChI is InChI=1S/C89H174O17P2/c1-8-10-11-12-13-14-15-16-17-18-19-20-21-25-28-31-34-42-49-56-63-70-86(91)99-76-84(105-88(93)72-65-58-51-43-35-32-29-26-23-22-24-27-30-33-39-46-53-60-67-80(3)4)78-103-107(95,96)101-74-83(90)75-102-108(97,98)104-79-85(77-100-87(92)71-64-57-50-45-38-40-47-54-61-68-81(5)6)106-89(94)73-66-59-52-44-37-36-41-48-55-62-69-82(7)9-2/h80-85,90H,8-79H2,1-7H3,(H,95,96)(H,97,98)/t82?,83-,84-,85-/m1/s1. The molecule has 0 aromatic heterocycles. The Hall–Kier alpha value is -1.94. The zero-order valence-electron chi connectivity index (χ0n) is 71.3. The lowest BCUT2D eigenvalue weighted by atomic mass is 9.99. The average Bonchev–Trinajstić information content (AvgIpc) is 0.921. The number of carbonyl (C=O) groups is 4. The summed E-state index contributed by atoms with van der Waals surface area (Å²) in [6, 6.07) is 0. The molecule has 0 saturated carbocycles. The van der Waals surface area contributed by atoms with Gasteiger partial charge in [-0.15, -0.1) is 0 Å². The summed E-state index contributed by atoms with van der Waals surface area (Å²) in [5, 5.41) is 10.7. The number of aliphatic hydroxyl groups excluding tert-OH is 1. The highest BCUT2D eigenvalue weighted by atomic mass is 31.2. The molecule has 0 aliphatic rings. The van der Waals surface area contributed by atoms with Crippen LogP contribution in [0.2, 0.25) is 0 Å². The molecular formula is C89H174O17P2. The highest BCUT2D eigenvalue weighted by Gasteiger charge is 2.31. The van der Waals surface area contributed by atoms with Gasteiger partial charge >= 0.3 is 39.5 Å². The van der Waals surface area contributed by atoms with E-state index in [1.54, 1.807) is 0 Å². The molecule has 0 heterocycles. The first-order valence-corrected chi connectivity index (χ1v) is 48.9. The summed E-state index contributed by atoms with van der Waals surface area (Å²) in [7, 11) is -9.93. The van der Waals surface area contributed by atoms with Crippen molar-refractivity contribution >= 4 is 39.5 Å². The number of carbonyl (C=O) groups excluding carboxylic acids is 4. The van der Waals surface area contributed by atoms with E-state index in [0.29, 0.717) is 25.7 Å². The number of unbranched alkanes of at least 4 members (excludes halogenated alkanes) is 54. The van der Waals surface area contributed by atoms with Crippen LogP contribution in [0.15, 0.2) is 0 Å². The van der Waals surface area contributed by atoms with Gasteiger partial charge in [-0.1, -0.05) is 421 Å². The Bertz CT molecular complexity index is 2080. The van der Waals surface area contributed by atoms with Crippen LogP contribution >= 0.6 is 15.6 Å². The molecule has 108 heavy (non-hydrogen) atoms. The fraction of sp³-hybridized carbons (Fsp3) is 0.955. The molecule has 0 aromatic rings. The van der Waals surface area contributed by atoms with Crippen molar-refractivity contribution in [1.29, 1.82) is 0 Å². The van der Waals surface area contributed by atoms with Crippen molar-refractivity contribution in [1.82, 2.24) is 0 Å². The SMILES string of the molecule is CCCCCCCCCCCCCCCCCCCCCCCC(=O)OC[C@H](COP(=O)(O)OC[C@@H](O)COP(=O)(O)OC[C@@H](COC(=O)CCCCCCCCCCCC(C)C)OC(=O)CCCCCCCCCCCCC(C)CC)OC(=O)CCCCCCCCCCCCCCCCCCCCC(C)C. The largest absolute Gasteiger partial charge is 0.472 e. The van der Waals surface area contributed by atoms with Crippen LogP contribution < -0.4 is 0 Å². The van der Waals surface area contributed by atoms with Crippen LogP contribution in [0, 0.1) is 17.8 Å². The molecule has 0 spiro atoms. The highest BCUT2D eigenvalue weighted by Crippen LogP contribution is 2.45. The molecule has 0 saturated heterocycles. The van der Waals surface area contributed by atoms with Gasteiger partial charge in [0.05, 0.1) is 26.4 Å². The van der Waals surface area contributed by atoms with Crippen LogP contribution in [-0.4, -0.2) is 96.7 Å². The predicted molar refractivity (Wildman–Crippen MR) is 446 cm³/mol. The van der Waals surface area contributed by atoms with Gasteiger partial charge in [0.25, 0.3) is 0 Å². The van der Waals surface area contributed by atoms with E-state index in [4.69, 9.17) is 37.0 Å². The number of hydrogen-bond donors (Lipinski definition) is 3. The molecule has 6 atom stereocenters. The number of esters is 4. The molecular weight excluding hydrogens is 1400 g/mol. The maximum Gasteiger partial charge on any atom is 0.472 e. The molecule has 17 nitrogen and oxygen atoms in total. The van der Waals surface area contributed by atoms with E-state index in [2.05, 4.69) is 48.5 Å². The van der Waals surface area contributed by atoms with Crippen LogP contribution in [0.25, 0.3) is 0 Å². The Kier molecular flexibility index (Phi) is 77.5. The second kappa shape index (κ2) is 78.9. The second-order valence-corrected chi connectivity index (χ2v) is 36.1. The van der Waals surface area contributed by atoms with E-state index >= 15 is 0 Å². The Morgan fingerprint density at radius 3 is 0.704 bits per heavy atom. The first-order chi connectivity index (χ1) is 52.3. The summed E-state index contributed by atoms with van der Waals surface area (Å²) >= 11 is 0. The molecule has 19 heteroatoms. The lowest BCUT2D eigenvalue weighted by Crippen LogP contribution is -2.30. The average molecular weight is 1580 g/mol. The van der Waals surface area contributed by atoms with Crippen LogP contribution in [0.3, 0.4) is 0 Å². The molecule has 0 bridgehead atoms. The van der Waals surface area contributed by atoms with E-state index in [1.807, 2.05) is 0 Å². The Morgan fingerprint density at radius 1 is 0.269 bits per heavy atom. The minimum Gasteiger partial charge on any atom is -0.462 e. The van der Waals surface area contributed by atoms with Gasteiger partial charge in [0.1, 0.15) is 19.3 Å². The maximum absolute atomic E-state index is 13.2. The molecule has 642 valence electrons. The molecule has 3 unspecified atom stereocenters. The summed E-state index contributed by atoms with van der Waals surface area (Å²) in [5.74, 6) is 0.265. The summed E-state index contributed by atoms with van der Waals surface area (Å²) in [4.78, 5) is 73.3. The van der Waals surface area contributed by atoms with Crippen molar-refractivity contribution < 1.29 is 80.2 Å². The molecule has 0 aliphatic carbocycles. The van der Waals surface area contributed by atoms with Crippen LogP contribution in [0.1, 0.15) is 472 Å². The quantitative estimate of drug-likeness (QED) is 0.0222. The number of ether oxygens (including phenoxy) is 4. The van der Waals surface area contributed by atoms with E-state index in [-0.39, 0.29) is 25.7 Å². The molecule has 0 fully saturated rings. The van der Waals surface area contributed by atoms with Gasteiger partial charge in [-0.05, 0) is 43.4 Å². The van der Waals surface area contributed by atoms with E-state index in [9.17, 15) is 43.2 Å². The van der Waals surface area contributed by atoms with Crippen molar-refractivity contribution in [2.24, 2.45) is 17.8 Å². The van der Waals surface area contributed by atoms with Gasteiger partial charge in [-0.25, -0.2) is 9.13 Å². The number of aliphatic hydroxyl groups is 1. The number of phosphoric ester groups is 2. The third-order valence-corrected chi connectivity index (χ3v) is 23.1. The maximum atomic E-state index is 13.2.